The third-order valence-electron chi connectivity index (χ3n) is 3.04. The number of carboxylic acids is 1. The van der Waals surface area contributed by atoms with Gasteiger partial charge < -0.3 is 15.1 Å². The molecule has 18 heavy (non-hydrogen) atoms. The van der Waals surface area contributed by atoms with Crippen molar-refractivity contribution in [2.75, 3.05) is 18.0 Å². The second-order valence-corrected chi connectivity index (χ2v) is 5.77. The number of carboxylic acid groups (broad SMARTS) is 1. The summed E-state index contributed by atoms with van der Waals surface area (Å²) in [5.41, 5.74) is -0.634. The molecular weight excluding hydrogens is 300 g/mol. The van der Waals surface area contributed by atoms with Gasteiger partial charge in [-0.1, -0.05) is 0 Å². The lowest BCUT2D eigenvalue weighted by Crippen LogP contribution is -2.47. The van der Waals surface area contributed by atoms with Crippen LogP contribution in [0.4, 0.5) is 5.82 Å². The molecule has 0 saturated carbocycles. The summed E-state index contributed by atoms with van der Waals surface area (Å²) in [5, 5.41) is 19.3. The van der Waals surface area contributed by atoms with E-state index in [9.17, 15) is 15.0 Å². The number of rotatable bonds is 2. The van der Waals surface area contributed by atoms with E-state index in [2.05, 4.69) is 20.9 Å². The third-order valence-corrected chi connectivity index (χ3v) is 3.47. The van der Waals surface area contributed by atoms with E-state index in [4.69, 9.17) is 0 Å². The molecule has 5 nitrogen and oxygen atoms in total. The molecule has 1 atom stereocenters. The van der Waals surface area contributed by atoms with Crippen LogP contribution in [-0.4, -0.2) is 39.9 Å². The van der Waals surface area contributed by atoms with Crippen molar-refractivity contribution in [3.8, 4) is 0 Å². The summed E-state index contributed by atoms with van der Waals surface area (Å²) < 4.78 is 0.632. The molecule has 1 aromatic heterocycles. The largest absolute Gasteiger partial charge is 0.478 e. The second kappa shape index (κ2) is 4.85. The van der Waals surface area contributed by atoms with Crippen molar-refractivity contribution >= 4 is 27.7 Å². The number of aromatic nitrogens is 1. The third kappa shape index (κ3) is 2.81. The van der Waals surface area contributed by atoms with Crippen LogP contribution in [0.15, 0.2) is 16.7 Å². The van der Waals surface area contributed by atoms with Crippen molar-refractivity contribution in [2.45, 2.75) is 25.4 Å². The second-order valence-electron chi connectivity index (χ2n) is 4.85. The number of halogens is 1. The summed E-state index contributed by atoms with van der Waals surface area (Å²) >= 11 is 3.22. The zero-order valence-corrected chi connectivity index (χ0v) is 11.6. The van der Waals surface area contributed by atoms with Gasteiger partial charge in [-0.15, -0.1) is 0 Å². The number of nitrogens with zero attached hydrogens (tertiary/aromatic N) is 2. The quantitative estimate of drug-likeness (QED) is 0.872. The molecule has 98 valence electrons. The SMILES string of the molecule is CC1(O)CCCN(c2ncc(Br)cc2C(=O)O)C1. The van der Waals surface area contributed by atoms with Crippen LogP contribution in [0.25, 0.3) is 0 Å². The fraction of sp³-hybridized carbons (Fsp3) is 0.500. The fourth-order valence-corrected chi connectivity index (χ4v) is 2.57. The lowest BCUT2D eigenvalue weighted by atomic mass is 9.95. The summed E-state index contributed by atoms with van der Waals surface area (Å²) in [7, 11) is 0. The Morgan fingerprint density at radius 3 is 2.94 bits per heavy atom. The van der Waals surface area contributed by atoms with Gasteiger partial charge in [-0.2, -0.15) is 0 Å². The predicted molar refractivity (Wildman–Crippen MR) is 71.0 cm³/mol. The van der Waals surface area contributed by atoms with Gasteiger partial charge in [-0.25, -0.2) is 9.78 Å². The lowest BCUT2D eigenvalue weighted by molar-refractivity contribution is 0.0443. The Bertz CT molecular complexity index is 476. The van der Waals surface area contributed by atoms with Crippen LogP contribution in [0.1, 0.15) is 30.1 Å². The molecule has 0 radical (unpaired) electrons. The standard InChI is InChI=1S/C12H15BrN2O3/c1-12(18)3-2-4-15(7-12)10-9(11(16)17)5-8(13)6-14-10/h5-6,18H,2-4,7H2,1H3,(H,16,17). The average molecular weight is 315 g/mol. The Morgan fingerprint density at radius 1 is 1.61 bits per heavy atom. The van der Waals surface area contributed by atoms with E-state index < -0.39 is 11.6 Å². The van der Waals surface area contributed by atoms with E-state index >= 15 is 0 Å². The number of carbonyl (C=O) groups is 1. The molecule has 1 aliphatic rings. The molecule has 2 N–H and O–H groups in total. The molecule has 2 heterocycles. The molecule has 0 amide bonds. The monoisotopic (exact) mass is 314 g/mol. The van der Waals surface area contributed by atoms with E-state index in [0.717, 1.165) is 12.8 Å². The average Bonchev–Trinajstić information content (AvgIpc) is 2.27. The summed E-state index contributed by atoms with van der Waals surface area (Å²) in [6.45, 7) is 2.88. The lowest BCUT2D eigenvalue weighted by Gasteiger charge is -2.37. The van der Waals surface area contributed by atoms with Gasteiger partial charge in [0.25, 0.3) is 0 Å². The number of pyridine rings is 1. The first-order valence-corrected chi connectivity index (χ1v) is 6.54. The molecule has 1 aliphatic heterocycles. The van der Waals surface area contributed by atoms with E-state index in [-0.39, 0.29) is 5.56 Å². The first-order chi connectivity index (χ1) is 8.39. The summed E-state index contributed by atoms with van der Waals surface area (Å²) in [5.74, 6) is -0.588. The number of aliphatic hydroxyl groups is 1. The van der Waals surface area contributed by atoms with Crippen LogP contribution in [0, 0.1) is 0 Å². The minimum atomic E-state index is -1.01. The number of hydrogen-bond donors (Lipinski definition) is 2. The molecule has 0 spiro atoms. The molecule has 1 unspecified atom stereocenters. The molecule has 1 aromatic rings. The van der Waals surface area contributed by atoms with Crippen molar-refractivity contribution in [3.63, 3.8) is 0 Å². The van der Waals surface area contributed by atoms with Crippen molar-refractivity contribution < 1.29 is 15.0 Å². The van der Waals surface area contributed by atoms with Gasteiger partial charge in [-0.3, -0.25) is 0 Å². The van der Waals surface area contributed by atoms with Crippen LogP contribution in [0.3, 0.4) is 0 Å². The van der Waals surface area contributed by atoms with Crippen molar-refractivity contribution in [1.29, 1.82) is 0 Å². The van der Waals surface area contributed by atoms with Crippen LogP contribution in [0.5, 0.6) is 0 Å². The minimum Gasteiger partial charge on any atom is -0.478 e. The van der Waals surface area contributed by atoms with Gasteiger partial charge in [0.1, 0.15) is 11.4 Å². The Labute approximate surface area is 114 Å². The Kier molecular flexibility index (Phi) is 3.59. The number of piperidine rings is 1. The van der Waals surface area contributed by atoms with Gasteiger partial charge >= 0.3 is 5.97 Å². The van der Waals surface area contributed by atoms with Gasteiger partial charge in [0.2, 0.25) is 0 Å². The first kappa shape index (κ1) is 13.3. The maximum atomic E-state index is 11.2. The highest BCUT2D eigenvalue weighted by Crippen LogP contribution is 2.28. The zero-order valence-electron chi connectivity index (χ0n) is 10.1. The molecule has 0 bridgehead atoms. The van der Waals surface area contributed by atoms with Crippen molar-refractivity contribution in [3.05, 3.63) is 22.3 Å². The highest BCUT2D eigenvalue weighted by molar-refractivity contribution is 9.10. The van der Waals surface area contributed by atoms with E-state index in [0.29, 0.717) is 23.4 Å². The predicted octanol–water partition coefficient (Wildman–Crippen LogP) is 1.89. The Balaban J connectivity index is 2.35. The zero-order chi connectivity index (χ0) is 13.3. The smallest absolute Gasteiger partial charge is 0.339 e. The Hall–Kier alpha value is -1.14. The highest BCUT2D eigenvalue weighted by Gasteiger charge is 2.31. The van der Waals surface area contributed by atoms with Crippen molar-refractivity contribution in [1.82, 2.24) is 4.98 Å². The summed E-state index contributed by atoms with van der Waals surface area (Å²) in [6, 6.07) is 1.54. The summed E-state index contributed by atoms with van der Waals surface area (Å²) in [4.78, 5) is 17.2. The van der Waals surface area contributed by atoms with Crippen LogP contribution in [0.2, 0.25) is 0 Å². The molecular formula is C12H15BrN2O3. The number of anilines is 1. The van der Waals surface area contributed by atoms with Gasteiger partial charge in [-0.05, 0) is 41.8 Å². The van der Waals surface area contributed by atoms with Gasteiger partial charge in [0, 0.05) is 23.8 Å². The normalized spacial score (nSPS) is 24.1. The molecule has 2 rings (SSSR count). The number of β-amino-alcohol motifs (C(OH)–C–C–N with tert-alkyl or cyclic N) is 1. The van der Waals surface area contributed by atoms with Crippen LogP contribution >= 0.6 is 15.9 Å². The van der Waals surface area contributed by atoms with E-state index in [1.165, 1.54) is 6.07 Å². The summed E-state index contributed by atoms with van der Waals surface area (Å²) in [6.07, 6.45) is 3.12. The maximum absolute atomic E-state index is 11.2. The minimum absolute atomic E-state index is 0.155. The first-order valence-electron chi connectivity index (χ1n) is 5.75. The van der Waals surface area contributed by atoms with E-state index in [1.54, 1.807) is 13.1 Å². The maximum Gasteiger partial charge on any atom is 0.339 e. The topological polar surface area (TPSA) is 73.7 Å². The fourth-order valence-electron chi connectivity index (χ4n) is 2.24. The van der Waals surface area contributed by atoms with Crippen LogP contribution < -0.4 is 4.90 Å². The van der Waals surface area contributed by atoms with Crippen molar-refractivity contribution in [2.24, 2.45) is 0 Å². The van der Waals surface area contributed by atoms with Gasteiger partial charge in [0.15, 0.2) is 0 Å². The Morgan fingerprint density at radius 2 is 2.33 bits per heavy atom. The number of aromatic carboxylic acids is 1. The molecule has 1 fully saturated rings. The molecule has 0 aliphatic carbocycles. The molecule has 1 saturated heterocycles. The van der Waals surface area contributed by atoms with Crippen LogP contribution in [-0.2, 0) is 0 Å². The van der Waals surface area contributed by atoms with Gasteiger partial charge in [0.05, 0.1) is 5.60 Å². The highest BCUT2D eigenvalue weighted by atomic mass is 79.9. The van der Waals surface area contributed by atoms with E-state index in [1.807, 2.05) is 4.90 Å². The number of hydrogen-bond acceptors (Lipinski definition) is 4. The molecule has 0 aromatic carbocycles. The molecule has 6 heteroatoms.